The lowest BCUT2D eigenvalue weighted by atomic mass is 10.2. The van der Waals surface area contributed by atoms with Gasteiger partial charge in [-0.25, -0.2) is 0 Å². The zero-order valence-electron chi connectivity index (χ0n) is 12.4. The van der Waals surface area contributed by atoms with Gasteiger partial charge in [0.05, 0.1) is 12.4 Å². The first kappa shape index (κ1) is 17.9. The van der Waals surface area contributed by atoms with Gasteiger partial charge in [0, 0.05) is 21.2 Å². The molecule has 2 N–H and O–H groups in total. The van der Waals surface area contributed by atoms with Gasteiger partial charge in [-0.3, -0.25) is 0 Å². The highest BCUT2D eigenvalue weighted by Crippen LogP contribution is 2.20. The van der Waals surface area contributed by atoms with E-state index in [0.717, 1.165) is 0 Å². The first-order chi connectivity index (χ1) is 11.6. The Hall–Kier alpha value is -2.44. The largest absolute Gasteiger partial charge is 0.507 e. The minimum Gasteiger partial charge on any atom is -0.507 e. The van der Waals surface area contributed by atoms with Crippen LogP contribution >= 0.6 is 23.2 Å². The molecule has 2 aromatic carbocycles. The van der Waals surface area contributed by atoms with E-state index < -0.39 is 0 Å². The van der Waals surface area contributed by atoms with Gasteiger partial charge in [-0.2, -0.15) is 0 Å². The maximum Gasteiger partial charge on any atom is 0.153 e. The number of rotatable bonds is 7. The fourth-order valence-corrected chi connectivity index (χ4v) is 1.99. The molecule has 0 radical (unpaired) electrons. The average molecular weight is 369 g/mol. The Balaban J connectivity index is 1.71. The topological polar surface area (TPSA) is 83.6 Å². The van der Waals surface area contributed by atoms with Crippen molar-refractivity contribution in [1.29, 1.82) is 0 Å². The summed E-state index contributed by atoms with van der Waals surface area (Å²) < 4.78 is 0. The zero-order chi connectivity index (χ0) is 17.4. The van der Waals surface area contributed by atoms with Gasteiger partial charge in [0.25, 0.3) is 0 Å². The Kier molecular flexibility index (Phi) is 6.72. The molecule has 0 aliphatic carbocycles. The average Bonchev–Trinajstić information content (AvgIpc) is 2.56. The highest BCUT2D eigenvalue weighted by atomic mass is 35.5. The molecule has 0 heterocycles. The molecule has 0 unspecified atom stereocenters. The van der Waals surface area contributed by atoms with Crippen molar-refractivity contribution < 1.29 is 19.9 Å². The van der Waals surface area contributed by atoms with Gasteiger partial charge in [-0.1, -0.05) is 33.5 Å². The van der Waals surface area contributed by atoms with Crippen LogP contribution in [0.3, 0.4) is 0 Å². The van der Waals surface area contributed by atoms with Crippen LogP contribution in [0.4, 0.5) is 0 Å². The molecule has 2 aromatic rings. The van der Waals surface area contributed by atoms with Gasteiger partial charge in [0.1, 0.15) is 11.5 Å². The molecule has 8 heteroatoms. The van der Waals surface area contributed by atoms with Crippen LogP contribution in [-0.4, -0.2) is 35.9 Å². The fourth-order valence-electron chi connectivity index (χ4n) is 1.63. The summed E-state index contributed by atoms with van der Waals surface area (Å²) in [6.07, 6.45) is 2.68. The molecule has 0 spiro atoms. The van der Waals surface area contributed by atoms with Crippen LogP contribution in [0.15, 0.2) is 46.7 Å². The SMILES string of the molecule is Oc1ccc(Cl)cc1/C=N/OCCO/N=C/c1cc(Cl)ccc1O. The summed E-state index contributed by atoms with van der Waals surface area (Å²) in [5, 5.41) is 27.5. The highest BCUT2D eigenvalue weighted by Gasteiger charge is 2.00. The van der Waals surface area contributed by atoms with Crippen molar-refractivity contribution in [3.63, 3.8) is 0 Å². The predicted octanol–water partition coefficient (Wildman–Crippen LogP) is 3.81. The summed E-state index contributed by atoms with van der Waals surface area (Å²) >= 11 is 11.6. The van der Waals surface area contributed by atoms with Crippen LogP contribution < -0.4 is 0 Å². The molecule has 0 bridgehead atoms. The summed E-state index contributed by atoms with van der Waals surface area (Å²) in [7, 11) is 0. The molecule has 0 fully saturated rings. The summed E-state index contributed by atoms with van der Waals surface area (Å²) in [5.41, 5.74) is 0.885. The number of hydrogen-bond acceptors (Lipinski definition) is 6. The van der Waals surface area contributed by atoms with Crippen LogP contribution in [-0.2, 0) is 9.68 Å². The van der Waals surface area contributed by atoms with Crippen molar-refractivity contribution in [3.05, 3.63) is 57.6 Å². The Bertz CT molecular complexity index is 687. The van der Waals surface area contributed by atoms with E-state index in [9.17, 15) is 10.2 Å². The number of aromatic hydroxyl groups is 2. The lowest BCUT2D eigenvalue weighted by Crippen LogP contribution is -1.98. The lowest BCUT2D eigenvalue weighted by Gasteiger charge is -2.01. The monoisotopic (exact) mass is 368 g/mol. The smallest absolute Gasteiger partial charge is 0.153 e. The van der Waals surface area contributed by atoms with Gasteiger partial charge in [0.15, 0.2) is 13.2 Å². The highest BCUT2D eigenvalue weighted by molar-refractivity contribution is 6.31. The van der Waals surface area contributed by atoms with Crippen LogP contribution in [0.25, 0.3) is 0 Å². The molecular weight excluding hydrogens is 355 g/mol. The number of phenols is 2. The van der Waals surface area contributed by atoms with E-state index in [2.05, 4.69) is 10.3 Å². The quantitative estimate of drug-likeness (QED) is 0.442. The molecule has 0 atom stereocenters. The van der Waals surface area contributed by atoms with Gasteiger partial charge in [-0.15, -0.1) is 0 Å². The van der Waals surface area contributed by atoms with Gasteiger partial charge in [0.2, 0.25) is 0 Å². The summed E-state index contributed by atoms with van der Waals surface area (Å²) in [6, 6.07) is 9.18. The van der Waals surface area contributed by atoms with Crippen molar-refractivity contribution in [2.75, 3.05) is 13.2 Å². The van der Waals surface area contributed by atoms with E-state index in [1.807, 2.05) is 0 Å². The fraction of sp³-hybridized carbons (Fsp3) is 0.125. The molecule has 24 heavy (non-hydrogen) atoms. The van der Waals surface area contributed by atoms with E-state index in [1.165, 1.54) is 24.6 Å². The summed E-state index contributed by atoms with van der Waals surface area (Å²) in [4.78, 5) is 9.95. The molecule has 2 rings (SSSR count). The number of oxime groups is 2. The zero-order valence-corrected chi connectivity index (χ0v) is 13.9. The van der Waals surface area contributed by atoms with Crippen LogP contribution in [0.5, 0.6) is 11.5 Å². The molecule has 0 amide bonds. The van der Waals surface area contributed by atoms with Gasteiger partial charge in [-0.05, 0) is 36.4 Å². The maximum absolute atomic E-state index is 9.58. The molecule has 0 saturated heterocycles. The molecule has 0 saturated carbocycles. The minimum absolute atomic E-state index is 0.0499. The molecule has 0 aliphatic rings. The Morgan fingerprint density at radius 3 is 1.62 bits per heavy atom. The number of benzene rings is 2. The van der Waals surface area contributed by atoms with Crippen molar-refractivity contribution in [2.24, 2.45) is 10.3 Å². The van der Waals surface area contributed by atoms with E-state index in [1.54, 1.807) is 24.3 Å². The third-order valence-corrected chi connectivity index (χ3v) is 3.25. The summed E-state index contributed by atoms with van der Waals surface area (Å²) in [5.74, 6) is 0.0999. The van der Waals surface area contributed by atoms with Gasteiger partial charge < -0.3 is 19.9 Å². The summed E-state index contributed by atoms with van der Waals surface area (Å²) in [6.45, 7) is 0.299. The maximum atomic E-state index is 9.58. The molecular formula is C16H14Cl2N2O4. The predicted molar refractivity (Wildman–Crippen MR) is 93.3 cm³/mol. The number of hydrogen-bond donors (Lipinski definition) is 2. The van der Waals surface area contributed by atoms with E-state index >= 15 is 0 Å². The van der Waals surface area contributed by atoms with Crippen molar-refractivity contribution in [3.8, 4) is 11.5 Å². The van der Waals surface area contributed by atoms with Crippen molar-refractivity contribution in [2.45, 2.75) is 0 Å². The Labute approximate surface area is 148 Å². The second-order valence-electron chi connectivity index (χ2n) is 4.54. The molecule has 126 valence electrons. The number of nitrogens with zero attached hydrogens (tertiary/aromatic N) is 2. The Morgan fingerprint density at radius 2 is 1.21 bits per heavy atom. The van der Waals surface area contributed by atoms with Crippen LogP contribution in [0.1, 0.15) is 11.1 Å². The van der Waals surface area contributed by atoms with Crippen molar-refractivity contribution in [1.82, 2.24) is 0 Å². The second-order valence-corrected chi connectivity index (χ2v) is 5.41. The first-order valence-electron chi connectivity index (χ1n) is 6.84. The Morgan fingerprint density at radius 1 is 0.792 bits per heavy atom. The van der Waals surface area contributed by atoms with Crippen LogP contribution in [0, 0.1) is 0 Å². The third kappa shape index (κ3) is 5.64. The number of halogens is 2. The molecule has 6 nitrogen and oxygen atoms in total. The number of phenolic OH excluding ortho intramolecular Hbond substituents is 2. The van der Waals surface area contributed by atoms with Gasteiger partial charge >= 0.3 is 0 Å². The molecule has 0 aromatic heterocycles. The van der Waals surface area contributed by atoms with E-state index in [-0.39, 0.29) is 24.7 Å². The van der Waals surface area contributed by atoms with E-state index in [0.29, 0.717) is 21.2 Å². The van der Waals surface area contributed by atoms with Crippen LogP contribution in [0.2, 0.25) is 10.0 Å². The first-order valence-corrected chi connectivity index (χ1v) is 7.59. The third-order valence-electron chi connectivity index (χ3n) is 2.78. The normalized spacial score (nSPS) is 11.2. The standard InChI is InChI=1S/C16H14Cl2N2O4/c17-13-1-3-15(21)11(7-13)9-19-23-5-6-24-20-10-12-8-14(18)2-4-16(12)22/h1-4,7-10,21-22H,5-6H2/b19-9+,20-10+. The molecule has 0 aliphatic heterocycles. The lowest BCUT2D eigenvalue weighted by molar-refractivity contribution is 0.0553. The van der Waals surface area contributed by atoms with Crippen molar-refractivity contribution >= 4 is 35.6 Å². The van der Waals surface area contributed by atoms with E-state index in [4.69, 9.17) is 32.9 Å². The minimum atomic E-state index is 0.0499. The second kappa shape index (κ2) is 9.00.